The highest BCUT2D eigenvalue weighted by Gasteiger charge is 2.41. The molecular formula is C15H28O3. The van der Waals surface area contributed by atoms with Gasteiger partial charge in [0.05, 0.1) is 5.41 Å². The lowest BCUT2D eigenvalue weighted by atomic mass is 9.66. The normalized spacial score (nSPS) is 28.6. The molecule has 0 amide bonds. The molecule has 0 heterocycles. The van der Waals surface area contributed by atoms with Gasteiger partial charge in [0.2, 0.25) is 0 Å². The van der Waals surface area contributed by atoms with E-state index in [9.17, 15) is 9.90 Å². The standard InChI is InChI=1S/C15H28O3/c1-4-10-18-11-9-15(14(16)17)7-5-13(6-8-15)12(2)3/h12-13H,4-11H2,1-3H3,(H,16,17). The summed E-state index contributed by atoms with van der Waals surface area (Å²) in [6.07, 6.45) is 5.42. The van der Waals surface area contributed by atoms with Gasteiger partial charge in [-0.3, -0.25) is 4.79 Å². The Kier molecular flexibility index (Phi) is 6.13. The van der Waals surface area contributed by atoms with Crippen LogP contribution in [-0.2, 0) is 9.53 Å². The van der Waals surface area contributed by atoms with E-state index < -0.39 is 11.4 Å². The molecule has 0 aromatic carbocycles. The molecule has 18 heavy (non-hydrogen) atoms. The highest BCUT2D eigenvalue weighted by atomic mass is 16.5. The molecular weight excluding hydrogens is 228 g/mol. The summed E-state index contributed by atoms with van der Waals surface area (Å²) in [5.74, 6) is 0.756. The number of ether oxygens (including phenoxy) is 1. The first kappa shape index (κ1) is 15.5. The molecule has 1 aliphatic carbocycles. The van der Waals surface area contributed by atoms with Crippen molar-refractivity contribution in [2.75, 3.05) is 13.2 Å². The minimum absolute atomic E-state index is 0.515. The van der Waals surface area contributed by atoms with Crippen molar-refractivity contribution in [1.82, 2.24) is 0 Å². The van der Waals surface area contributed by atoms with E-state index >= 15 is 0 Å². The first-order valence-corrected chi connectivity index (χ1v) is 7.33. The summed E-state index contributed by atoms with van der Waals surface area (Å²) in [6, 6.07) is 0. The SMILES string of the molecule is CCCOCCC1(C(=O)O)CCC(C(C)C)CC1. The second-order valence-corrected chi connectivity index (χ2v) is 6.03. The van der Waals surface area contributed by atoms with Gasteiger partial charge in [0.25, 0.3) is 0 Å². The molecule has 0 saturated heterocycles. The Hall–Kier alpha value is -0.570. The molecule has 1 saturated carbocycles. The number of hydrogen-bond donors (Lipinski definition) is 1. The van der Waals surface area contributed by atoms with Crippen LogP contribution in [0.5, 0.6) is 0 Å². The summed E-state index contributed by atoms with van der Waals surface area (Å²) >= 11 is 0. The molecule has 0 atom stereocenters. The highest BCUT2D eigenvalue weighted by molar-refractivity contribution is 5.74. The van der Waals surface area contributed by atoms with Crippen molar-refractivity contribution in [3.8, 4) is 0 Å². The molecule has 1 N–H and O–H groups in total. The predicted octanol–water partition coefficient (Wildman–Crippen LogP) is 3.72. The molecule has 1 fully saturated rings. The molecule has 106 valence electrons. The van der Waals surface area contributed by atoms with Crippen LogP contribution in [0.4, 0.5) is 0 Å². The lowest BCUT2D eigenvalue weighted by Crippen LogP contribution is -2.37. The Morgan fingerprint density at radius 3 is 2.39 bits per heavy atom. The molecule has 3 heteroatoms. The van der Waals surface area contributed by atoms with E-state index in [4.69, 9.17) is 4.74 Å². The van der Waals surface area contributed by atoms with Gasteiger partial charge in [0.15, 0.2) is 0 Å². The second kappa shape index (κ2) is 7.13. The third-order valence-corrected chi connectivity index (χ3v) is 4.46. The van der Waals surface area contributed by atoms with Gasteiger partial charge in [0, 0.05) is 13.2 Å². The number of carboxylic acids is 1. The molecule has 0 bridgehead atoms. The van der Waals surface area contributed by atoms with Crippen LogP contribution in [0.25, 0.3) is 0 Å². The Balaban J connectivity index is 2.48. The van der Waals surface area contributed by atoms with Gasteiger partial charge in [-0.1, -0.05) is 20.8 Å². The van der Waals surface area contributed by atoms with Crippen LogP contribution in [0.15, 0.2) is 0 Å². The van der Waals surface area contributed by atoms with Gasteiger partial charge in [-0.05, 0) is 50.4 Å². The zero-order valence-electron chi connectivity index (χ0n) is 12.1. The molecule has 1 aliphatic rings. The van der Waals surface area contributed by atoms with Crippen molar-refractivity contribution >= 4 is 5.97 Å². The van der Waals surface area contributed by atoms with Crippen LogP contribution >= 0.6 is 0 Å². The Morgan fingerprint density at radius 1 is 1.33 bits per heavy atom. The summed E-state index contributed by atoms with van der Waals surface area (Å²) < 4.78 is 5.47. The van der Waals surface area contributed by atoms with Crippen LogP contribution < -0.4 is 0 Å². The Morgan fingerprint density at radius 2 is 1.94 bits per heavy atom. The fraction of sp³-hybridized carbons (Fsp3) is 0.933. The maximum atomic E-state index is 11.6. The Bertz CT molecular complexity index is 252. The molecule has 0 spiro atoms. The van der Waals surface area contributed by atoms with Gasteiger partial charge >= 0.3 is 5.97 Å². The van der Waals surface area contributed by atoms with E-state index in [2.05, 4.69) is 20.8 Å². The second-order valence-electron chi connectivity index (χ2n) is 6.03. The smallest absolute Gasteiger partial charge is 0.309 e. The van der Waals surface area contributed by atoms with Crippen LogP contribution in [0.1, 0.15) is 59.3 Å². The van der Waals surface area contributed by atoms with E-state index in [0.717, 1.165) is 38.7 Å². The number of rotatable bonds is 7. The number of aliphatic carboxylic acids is 1. The average Bonchev–Trinajstić information content (AvgIpc) is 2.35. The fourth-order valence-electron chi connectivity index (χ4n) is 2.94. The summed E-state index contributed by atoms with van der Waals surface area (Å²) in [7, 11) is 0. The Labute approximate surface area is 111 Å². The average molecular weight is 256 g/mol. The predicted molar refractivity (Wildman–Crippen MR) is 72.6 cm³/mol. The molecule has 0 aromatic heterocycles. The monoisotopic (exact) mass is 256 g/mol. The van der Waals surface area contributed by atoms with Crippen LogP contribution in [-0.4, -0.2) is 24.3 Å². The van der Waals surface area contributed by atoms with Gasteiger partial charge in [-0.2, -0.15) is 0 Å². The third-order valence-electron chi connectivity index (χ3n) is 4.46. The van der Waals surface area contributed by atoms with Crippen LogP contribution in [0, 0.1) is 17.3 Å². The minimum atomic E-state index is -0.621. The highest BCUT2D eigenvalue weighted by Crippen LogP contribution is 2.43. The lowest BCUT2D eigenvalue weighted by Gasteiger charge is -2.38. The van der Waals surface area contributed by atoms with Crippen molar-refractivity contribution in [3.05, 3.63) is 0 Å². The first-order valence-electron chi connectivity index (χ1n) is 7.33. The summed E-state index contributed by atoms with van der Waals surface area (Å²) in [6.45, 7) is 7.88. The molecule has 1 rings (SSSR count). The molecule has 0 radical (unpaired) electrons. The fourth-order valence-corrected chi connectivity index (χ4v) is 2.94. The van der Waals surface area contributed by atoms with Crippen molar-refractivity contribution in [1.29, 1.82) is 0 Å². The summed E-state index contributed by atoms with van der Waals surface area (Å²) in [5.41, 5.74) is -0.515. The third kappa shape index (κ3) is 3.98. The van der Waals surface area contributed by atoms with Gasteiger partial charge in [-0.25, -0.2) is 0 Å². The number of carboxylic acid groups (broad SMARTS) is 1. The minimum Gasteiger partial charge on any atom is -0.481 e. The van der Waals surface area contributed by atoms with Crippen molar-refractivity contribution < 1.29 is 14.6 Å². The van der Waals surface area contributed by atoms with Crippen molar-refractivity contribution in [2.24, 2.45) is 17.3 Å². The van der Waals surface area contributed by atoms with E-state index in [1.165, 1.54) is 0 Å². The topological polar surface area (TPSA) is 46.5 Å². The van der Waals surface area contributed by atoms with E-state index in [1.807, 2.05) is 0 Å². The molecule has 3 nitrogen and oxygen atoms in total. The van der Waals surface area contributed by atoms with Crippen molar-refractivity contribution in [3.63, 3.8) is 0 Å². The summed E-state index contributed by atoms with van der Waals surface area (Å²) in [4.78, 5) is 11.6. The molecule has 0 aromatic rings. The largest absolute Gasteiger partial charge is 0.481 e. The quantitative estimate of drug-likeness (QED) is 0.706. The summed E-state index contributed by atoms with van der Waals surface area (Å²) in [5, 5.41) is 9.51. The maximum absolute atomic E-state index is 11.6. The zero-order valence-corrected chi connectivity index (χ0v) is 12.1. The van der Waals surface area contributed by atoms with E-state index in [1.54, 1.807) is 0 Å². The van der Waals surface area contributed by atoms with Crippen LogP contribution in [0.3, 0.4) is 0 Å². The molecule has 0 unspecified atom stereocenters. The maximum Gasteiger partial charge on any atom is 0.309 e. The van der Waals surface area contributed by atoms with Gasteiger partial charge < -0.3 is 9.84 Å². The van der Waals surface area contributed by atoms with Gasteiger partial charge in [-0.15, -0.1) is 0 Å². The van der Waals surface area contributed by atoms with E-state index in [0.29, 0.717) is 24.9 Å². The lowest BCUT2D eigenvalue weighted by molar-refractivity contribution is -0.153. The zero-order chi connectivity index (χ0) is 13.6. The van der Waals surface area contributed by atoms with Crippen LogP contribution in [0.2, 0.25) is 0 Å². The number of hydrogen-bond acceptors (Lipinski definition) is 2. The first-order chi connectivity index (χ1) is 8.52. The van der Waals surface area contributed by atoms with E-state index in [-0.39, 0.29) is 0 Å². The molecule has 0 aliphatic heterocycles. The number of carbonyl (C=O) groups is 1. The van der Waals surface area contributed by atoms with Gasteiger partial charge in [0.1, 0.15) is 0 Å². The van der Waals surface area contributed by atoms with Crippen molar-refractivity contribution in [2.45, 2.75) is 59.3 Å².